The standard InChI is InChI=1S/C22H28ClN5O3S/c1-25(2)14-15-28(32(30,31)26(3)4)22(29)27-16-20(17-8-6-5-7-9-17)21(24-27)18-10-12-19(23)13-11-18/h5-13,20H,14-16H2,1-4H3. The molecular formula is C22H28ClN5O3S. The minimum absolute atomic E-state index is 0.0185. The van der Waals surface area contributed by atoms with E-state index in [0.717, 1.165) is 19.7 Å². The van der Waals surface area contributed by atoms with E-state index < -0.39 is 16.2 Å². The van der Waals surface area contributed by atoms with Gasteiger partial charge in [0, 0.05) is 31.6 Å². The van der Waals surface area contributed by atoms with Gasteiger partial charge in [-0.05, 0) is 37.4 Å². The summed E-state index contributed by atoms with van der Waals surface area (Å²) in [4.78, 5) is 15.2. The number of nitrogens with zero attached hydrogens (tertiary/aromatic N) is 5. The van der Waals surface area contributed by atoms with Crippen molar-refractivity contribution in [2.24, 2.45) is 5.10 Å². The molecule has 0 spiro atoms. The number of benzene rings is 2. The van der Waals surface area contributed by atoms with Crippen LogP contribution in [-0.4, -0.2) is 86.5 Å². The Morgan fingerprint density at radius 1 is 1.03 bits per heavy atom. The van der Waals surface area contributed by atoms with Crippen molar-refractivity contribution in [2.75, 3.05) is 47.8 Å². The van der Waals surface area contributed by atoms with Gasteiger partial charge >= 0.3 is 16.2 Å². The molecule has 8 nitrogen and oxygen atoms in total. The number of carbonyl (C=O) groups is 1. The van der Waals surface area contributed by atoms with E-state index in [2.05, 4.69) is 5.10 Å². The minimum atomic E-state index is -3.98. The first-order chi connectivity index (χ1) is 15.1. The van der Waals surface area contributed by atoms with Gasteiger partial charge in [0.25, 0.3) is 0 Å². The number of rotatable bonds is 7. The lowest BCUT2D eigenvalue weighted by atomic mass is 9.91. The van der Waals surface area contributed by atoms with Crippen LogP contribution in [0.15, 0.2) is 59.7 Å². The molecule has 0 aliphatic carbocycles. The predicted octanol–water partition coefficient (Wildman–Crippen LogP) is 2.93. The zero-order valence-corrected chi connectivity index (χ0v) is 20.2. The van der Waals surface area contributed by atoms with Crippen LogP contribution in [0.4, 0.5) is 4.79 Å². The Labute approximate surface area is 194 Å². The number of halogens is 1. The highest BCUT2D eigenvalue weighted by Crippen LogP contribution is 2.30. The summed E-state index contributed by atoms with van der Waals surface area (Å²) in [6, 6.07) is 16.3. The van der Waals surface area contributed by atoms with E-state index >= 15 is 0 Å². The first-order valence-electron chi connectivity index (χ1n) is 10.2. The van der Waals surface area contributed by atoms with Gasteiger partial charge in [-0.15, -0.1) is 0 Å². The molecule has 1 aliphatic heterocycles. The van der Waals surface area contributed by atoms with Crippen molar-refractivity contribution in [3.05, 3.63) is 70.7 Å². The van der Waals surface area contributed by atoms with Crippen LogP contribution < -0.4 is 0 Å². The summed E-state index contributed by atoms with van der Waals surface area (Å²) in [5, 5.41) is 6.43. The SMILES string of the molecule is CN(C)CCN(C(=O)N1CC(c2ccccc2)C(c2ccc(Cl)cc2)=N1)S(=O)(=O)N(C)C. The number of hydrazone groups is 1. The molecule has 2 aromatic carbocycles. The summed E-state index contributed by atoms with van der Waals surface area (Å²) in [6.45, 7) is 0.648. The van der Waals surface area contributed by atoms with Crippen LogP contribution in [0.3, 0.4) is 0 Å². The van der Waals surface area contributed by atoms with Gasteiger partial charge in [-0.1, -0.05) is 54.1 Å². The first kappa shape index (κ1) is 24.2. The van der Waals surface area contributed by atoms with E-state index in [9.17, 15) is 13.2 Å². The highest BCUT2D eigenvalue weighted by atomic mass is 35.5. The zero-order valence-electron chi connectivity index (χ0n) is 18.6. The molecule has 32 heavy (non-hydrogen) atoms. The van der Waals surface area contributed by atoms with Gasteiger partial charge in [0.1, 0.15) is 0 Å². The predicted molar refractivity (Wildman–Crippen MR) is 127 cm³/mol. The van der Waals surface area contributed by atoms with Crippen LogP contribution >= 0.6 is 11.6 Å². The third-order valence-corrected chi connectivity index (χ3v) is 7.25. The maximum Gasteiger partial charge on any atom is 0.355 e. The number of hydrogen-bond donors (Lipinski definition) is 0. The second-order valence-electron chi connectivity index (χ2n) is 7.99. The molecule has 172 valence electrons. The summed E-state index contributed by atoms with van der Waals surface area (Å²) in [5.74, 6) is -0.195. The quantitative estimate of drug-likeness (QED) is 0.614. The van der Waals surface area contributed by atoms with Gasteiger partial charge in [0.05, 0.1) is 18.8 Å². The molecule has 1 heterocycles. The van der Waals surface area contributed by atoms with Crippen LogP contribution in [0.5, 0.6) is 0 Å². The van der Waals surface area contributed by atoms with Gasteiger partial charge < -0.3 is 4.90 Å². The maximum absolute atomic E-state index is 13.4. The Balaban J connectivity index is 1.99. The largest absolute Gasteiger partial charge is 0.355 e. The molecule has 0 saturated carbocycles. The molecule has 0 aromatic heterocycles. The lowest BCUT2D eigenvalue weighted by molar-refractivity contribution is 0.179. The number of amides is 2. The third-order valence-electron chi connectivity index (χ3n) is 5.18. The maximum atomic E-state index is 13.4. The van der Waals surface area contributed by atoms with Gasteiger partial charge in [-0.3, -0.25) is 0 Å². The molecule has 1 aliphatic rings. The van der Waals surface area contributed by atoms with E-state index in [0.29, 0.717) is 17.3 Å². The Hall–Kier alpha value is -2.46. The summed E-state index contributed by atoms with van der Waals surface area (Å²) < 4.78 is 27.7. The van der Waals surface area contributed by atoms with Crippen molar-refractivity contribution in [3.63, 3.8) is 0 Å². The topological polar surface area (TPSA) is 76.5 Å². The third kappa shape index (κ3) is 5.29. The van der Waals surface area contributed by atoms with Crippen molar-refractivity contribution in [1.29, 1.82) is 0 Å². The van der Waals surface area contributed by atoms with Crippen LogP contribution in [0.2, 0.25) is 5.02 Å². The number of carbonyl (C=O) groups excluding carboxylic acids is 1. The fourth-order valence-electron chi connectivity index (χ4n) is 3.38. The van der Waals surface area contributed by atoms with E-state index in [1.807, 2.05) is 61.5 Å². The van der Waals surface area contributed by atoms with E-state index in [1.165, 1.54) is 19.1 Å². The monoisotopic (exact) mass is 477 g/mol. The second-order valence-corrected chi connectivity index (χ2v) is 10.5. The first-order valence-corrected chi connectivity index (χ1v) is 11.9. The molecule has 0 bridgehead atoms. The Kier molecular flexibility index (Phi) is 7.55. The highest BCUT2D eigenvalue weighted by Gasteiger charge is 2.38. The number of urea groups is 1. The zero-order chi connectivity index (χ0) is 23.5. The van der Waals surface area contributed by atoms with Crippen molar-refractivity contribution < 1.29 is 13.2 Å². The van der Waals surface area contributed by atoms with Crippen molar-refractivity contribution in [1.82, 2.24) is 18.5 Å². The molecule has 1 atom stereocenters. The van der Waals surface area contributed by atoms with Crippen LogP contribution in [0.25, 0.3) is 0 Å². The lowest BCUT2D eigenvalue weighted by Crippen LogP contribution is -2.50. The number of hydrogen-bond acceptors (Lipinski definition) is 5. The second kappa shape index (κ2) is 9.99. The molecular weight excluding hydrogens is 450 g/mol. The van der Waals surface area contributed by atoms with Gasteiger partial charge in [-0.25, -0.2) is 14.1 Å². The van der Waals surface area contributed by atoms with E-state index in [1.54, 1.807) is 12.1 Å². The Morgan fingerprint density at radius 2 is 1.66 bits per heavy atom. The van der Waals surface area contributed by atoms with Crippen molar-refractivity contribution in [3.8, 4) is 0 Å². The number of likely N-dealkylation sites (N-methyl/N-ethyl adjacent to an activating group) is 1. The molecule has 0 N–H and O–H groups in total. The molecule has 3 rings (SSSR count). The van der Waals surface area contributed by atoms with E-state index in [-0.39, 0.29) is 19.0 Å². The average molecular weight is 478 g/mol. The molecule has 10 heteroatoms. The van der Waals surface area contributed by atoms with E-state index in [4.69, 9.17) is 11.6 Å². The molecule has 0 saturated heterocycles. The fraction of sp³-hybridized carbons (Fsp3) is 0.364. The van der Waals surface area contributed by atoms with Gasteiger partial charge in [0.15, 0.2) is 0 Å². The van der Waals surface area contributed by atoms with Gasteiger partial charge in [0.2, 0.25) is 0 Å². The van der Waals surface area contributed by atoms with Crippen molar-refractivity contribution in [2.45, 2.75) is 5.92 Å². The van der Waals surface area contributed by atoms with Gasteiger partial charge in [-0.2, -0.15) is 17.8 Å². The normalized spacial score (nSPS) is 16.5. The smallest absolute Gasteiger partial charge is 0.308 e. The Bertz CT molecular complexity index is 1070. The Morgan fingerprint density at radius 3 is 2.22 bits per heavy atom. The minimum Gasteiger partial charge on any atom is -0.308 e. The van der Waals surface area contributed by atoms with Crippen molar-refractivity contribution >= 4 is 33.6 Å². The molecule has 2 aromatic rings. The van der Waals surface area contributed by atoms with Crippen LogP contribution in [0.1, 0.15) is 17.0 Å². The summed E-state index contributed by atoms with van der Waals surface area (Å²) in [7, 11) is 2.48. The summed E-state index contributed by atoms with van der Waals surface area (Å²) >= 11 is 6.05. The summed E-state index contributed by atoms with van der Waals surface area (Å²) in [5.41, 5.74) is 2.51. The molecule has 0 fully saturated rings. The fourth-order valence-corrected chi connectivity index (χ4v) is 4.50. The average Bonchev–Trinajstić information content (AvgIpc) is 3.20. The highest BCUT2D eigenvalue weighted by molar-refractivity contribution is 7.87. The van der Waals surface area contributed by atoms with Crippen LogP contribution in [0, 0.1) is 0 Å². The molecule has 1 unspecified atom stereocenters. The van der Waals surface area contributed by atoms with Crippen LogP contribution in [-0.2, 0) is 10.2 Å². The lowest BCUT2D eigenvalue weighted by Gasteiger charge is -2.29. The molecule has 2 amide bonds. The molecule has 0 radical (unpaired) electrons. The summed E-state index contributed by atoms with van der Waals surface area (Å²) in [6.07, 6.45) is 0.